The summed E-state index contributed by atoms with van der Waals surface area (Å²) in [6, 6.07) is 12.6. The number of aromatic nitrogens is 2. The summed E-state index contributed by atoms with van der Waals surface area (Å²) in [7, 11) is 1.55. The molecule has 1 heterocycles. The van der Waals surface area contributed by atoms with Gasteiger partial charge in [0.2, 0.25) is 11.9 Å². The minimum atomic E-state index is -0.333. The van der Waals surface area contributed by atoms with Gasteiger partial charge in [0.25, 0.3) is 5.91 Å². The normalized spacial score (nSPS) is 10.2. The van der Waals surface area contributed by atoms with E-state index in [4.69, 9.17) is 4.74 Å². The van der Waals surface area contributed by atoms with Crippen LogP contribution in [0.25, 0.3) is 0 Å². The number of ether oxygens (including phenoxy) is 1. The van der Waals surface area contributed by atoms with Gasteiger partial charge < -0.3 is 20.7 Å². The van der Waals surface area contributed by atoms with E-state index in [2.05, 4.69) is 25.9 Å². The lowest BCUT2D eigenvalue weighted by Gasteiger charge is -2.11. The van der Waals surface area contributed by atoms with Crippen molar-refractivity contribution in [2.24, 2.45) is 0 Å². The molecular weight excluding hydrogens is 370 g/mol. The third-order valence-electron chi connectivity index (χ3n) is 3.98. The van der Waals surface area contributed by atoms with E-state index in [0.29, 0.717) is 28.6 Å². The average molecular weight is 391 g/mol. The Hall–Kier alpha value is -3.94. The van der Waals surface area contributed by atoms with Crippen molar-refractivity contribution in [1.29, 1.82) is 0 Å². The highest BCUT2D eigenvalue weighted by molar-refractivity contribution is 6.04. The average Bonchev–Trinajstić information content (AvgIpc) is 2.70. The van der Waals surface area contributed by atoms with Crippen LogP contribution >= 0.6 is 0 Å². The zero-order valence-corrected chi connectivity index (χ0v) is 16.3. The number of nitrogens with zero attached hydrogens (tertiary/aromatic N) is 2. The van der Waals surface area contributed by atoms with Crippen molar-refractivity contribution < 1.29 is 14.3 Å². The zero-order chi connectivity index (χ0) is 20.8. The van der Waals surface area contributed by atoms with Crippen molar-refractivity contribution in [2.45, 2.75) is 13.8 Å². The van der Waals surface area contributed by atoms with Crippen LogP contribution in [0.2, 0.25) is 0 Å². The quantitative estimate of drug-likeness (QED) is 0.591. The molecule has 1 aromatic heterocycles. The second-order valence-electron chi connectivity index (χ2n) is 6.34. The first-order valence-electron chi connectivity index (χ1n) is 8.87. The maximum absolute atomic E-state index is 12.5. The molecule has 3 rings (SSSR count). The molecule has 2 aromatic carbocycles. The van der Waals surface area contributed by atoms with Gasteiger partial charge in [-0.05, 0) is 48.9 Å². The van der Waals surface area contributed by atoms with Crippen LogP contribution in [-0.4, -0.2) is 28.9 Å². The smallest absolute Gasteiger partial charge is 0.258 e. The number of anilines is 4. The van der Waals surface area contributed by atoms with E-state index < -0.39 is 0 Å². The van der Waals surface area contributed by atoms with E-state index in [-0.39, 0.29) is 11.8 Å². The highest BCUT2D eigenvalue weighted by atomic mass is 16.5. The molecule has 29 heavy (non-hydrogen) atoms. The van der Waals surface area contributed by atoms with E-state index in [0.717, 1.165) is 11.3 Å². The number of aryl methyl sites for hydroxylation is 1. The lowest BCUT2D eigenvalue weighted by molar-refractivity contribution is -0.114. The number of hydrogen-bond acceptors (Lipinski definition) is 6. The van der Waals surface area contributed by atoms with Crippen LogP contribution in [0.4, 0.5) is 23.0 Å². The van der Waals surface area contributed by atoms with Crippen LogP contribution in [-0.2, 0) is 4.79 Å². The molecule has 0 bridgehead atoms. The Morgan fingerprint density at radius 2 is 1.59 bits per heavy atom. The third kappa shape index (κ3) is 5.29. The van der Waals surface area contributed by atoms with E-state index in [1.54, 1.807) is 37.4 Å². The molecule has 0 fully saturated rings. The van der Waals surface area contributed by atoms with Crippen molar-refractivity contribution in [1.82, 2.24) is 9.97 Å². The van der Waals surface area contributed by atoms with Crippen LogP contribution < -0.4 is 20.7 Å². The molecule has 0 saturated heterocycles. The molecule has 8 heteroatoms. The van der Waals surface area contributed by atoms with Gasteiger partial charge >= 0.3 is 0 Å². The Labute approximate surface area is 168 Å². The van der Waals surface area contributed by atoms with Crippen molar-refractivity contribution >= 4 is 34.8 Å². The zero-order valence-electron chi connectivity index (χ0n) is 16.3. The van der Waals surface area contributed by atoms with Crippen LogP contribution in [0.15, 0.2) is 54.9 Å². The number of nitrogens with one attached hydrogen (secondary N) is 3. The molecule has 3 N–H and O–H groups in total. The van der Waals surface area contributed by atoms with Crippen molar-refractivity contribution in [3.05, 3.63) is 66.0 Å². The fourth-order valence-electron chi connectivity index (χ4n) is 2.59. The minimum Gasteiger partial charge on any atom is -0.495 e. The van der Waals surface area contributed by atoms with Crippen molar-refractivity contribution in [3.8, 4) is 5.75 Å². The van der Waals surface area contributed by atoms with Gasteiger partial charge in [-0.25, -0.2) is 9.97 Å². The van der Waals surface area contributed by atoms with E-state index >= 15 is 0 Å². The molecular formula is C21H21N5O3. The minimum absolute atomic E-state index is 0.133. The van der Waals surface area contributed by atoms with E-state index in [1.807, 2.05) is 19.1 Å². The van der Waals surface area contributed by atoms with Gasteiger partial charge in [0.15, 0.2) is 0 Å². The molecule has 0 atom stereocenters. The SMILES string of the molecule is COc1ccc(C)cc1NC(=O)c1cnc(Nc2ccc(NC(C)=O)cc2)nc1. The first-order chi connectivity index (χ1) is 13.9. The first-order valence-corrected chi connectivity index (χ1v) is 8.87. The van der Waals surface area contributed by atoms with Gasteiger partial charge in [0.1, 0.15) is 5.75 Å². The van der Waals surface area contributed by atoms with Crippen molar-refractivity contribution in [3.63, 3.8) is 0 Å². The number of carbonyl (C=O) groups is 2. The Balaban J connectivity index is 1.66. The third-order valence-corrected chi connectivity index (χ3v) is 3.98. The summed E-state index contributed by atoms with van der Waals surface area (Å²) in [5, 5.41) is 8.55. The van der Waals surface area contributed by atoms with Crippen LogP contribution in [0, 0.1) is 6.92 Å². The summed E-state index contributed by atoms with van der Waals surface area (Å²) < 4.78 is 5.27. The van der Waals surface area contributed by atoms with Crippen molar-refractivity contribution in [2.75, 3.05) is 23.1 Å². The molecule has 0 saturated carbocycles. The lowest BCUT2D eigenvalue weighted by Crippen LogP contribution is -2.14. The van der Waals surface area contributed by atoms with E-state index in [9.17, 15) is 9.59 Å². The first kappa shape index (κ1) is 19.8. The summed E-state index contributed by atoms with van der Waals surface area (Å²) in [4.78, 5) is 31.9. The molecule has 2 amide bonds. The maximum atomic E-state index is 12.5. The number of carbonyl (C=O) groups excluding carboxylic acids is 2. The number of methoxy groups -OCH3 is 1. The van der Waals surface area contributed by atoms with Gasteiger partial charge in [-0.15, -0.1) is 0 Å². The van der Waals surface area contributed by atoms with Gasteiger partial charge in [0, 0.05) is 30.7 Å². The number of amides is 2. The predicted molar refractivity (Wildman–Crippen MR) is 112 cm³/mol. The molecule has 0 radical (unpaired) electrons. The Kier molecular flexibility index (Phi) is 6.03. The molecule has 0 aliphatic heterocycles. The Bertz CT molecular complexity index is 1020. The van der Waals surface area contributed by atoms with Crippen LogP contribution in [0.5, 0.6) is 5.75 Å². The number of rotatable bonds is 6. The van der Waals surface area contributed by atoms with Gasteiger partial charge in [-0.1, -0.05) is 6.07 Å². The van der Waals surface area contributed by atoms with Gasteiger partial charge in [-0.3, -0.25) is 9.59 Å². The fraction of sp³-hybridized carbons (Fsp3) is 0.143. The second kappa shape index (κ2) is 8.83. The summed E-state index contributed by atoms with van der Waals surface area (Å²) in [5.41, 5.74) is 3.35. The Morgan fingerprint density at radius 3 is 2.21 bits per heavy atom. The number of hydrogen-bond donors (Lipinski definition) is 3. The van der Waals surface area contributed by atoms with Gasteiger partial charge in [0.05, 0.1) is 18.4 Å². The molecule has 0 spiro atoms. The summed E-state index contributed by atoms with van der Waals surface area (Å²) in [6.45, 7) is 3.38. The molecule has 0 aliphatic carbocycles. The van der Waals surface area contributed by atoms with Crippen LogP contribution in [0.3, 0.4) is 0 Å². The number of benzene rings is 2. The molecule has 148 valence electrons. The largest absolute Gasteiger partial charge is 0.495 e. The monoisotopic (exact) mass is 391 g/mol. The predicted octanol–water partition coefficient (Wildman–Crippen LogP) is 3.75. The Morgan fingerprint density at radius 1 is 0.931 bits per heavy atom. The second-order valence-corrected chi connectivity index (χ2v) is 6.34. The maximum Gasteiger partial charge on any atom is 0.258 e. The fourth-order valence-corrected chi connectivity index (χ4v) is 2.59. The van der Waals surface area contributed by atoms with E-state index in [1.165, 1.54) is 19.3 Å². The highest BCUT2D eigenvalue weighted by Crippen LogP contribution is 2.25. The topological polar surface area (TPSA) is 105 Å². The summed E-state index contributed by atoms with van der Waals surface area (Å²) in [5.74, 6) is 0.458. The molecule has 3 aromatic rings. The highest BCUT2D eigenvalue weighted by Gasteiger charge is 2.11. The van der Waals surface area contributed by atoms with Crippen LogP contribution in [0.1, 0.15) is 22.8 Å². The standard InChI is InChI=1S/C21H21N5O3/c1-13-4-9-19(29-3)18(10-13)26-20(28)15-11-22-21(23-12-15)25-17-7-5-16(6-8-17)24-14(2)27/h4-12H,1-3H3,(H,24,27)(H,26,28)(H,22,23,25). The molecule has 0 aliphatic rings. The molecule has 0 unspecified atom stereocenters. The summed E-state index contributed by atoms with van der Waals surface area (Å²) >= 11 is 0. The molecule has 8 nitrogen and oxygen atoms in total. The summed E-state index contributed by atoms with van der Waals surface area (Å²) in [6.07, 6.45) is 2.89. The lowest BCUT2D eigenvalue weighted by atomic mass is 10.2. The van der Waals surface area contributed by atoms with Gasteiger partial charge in [-0.2, -0.15) is 0 Å².